The Hall–Kier alpha value is -1.35. The van der Waals surface area contributed by atoms with Crippen LogP contribution in [-0.4, -0.2) is 25.6 Å². The Morgan fingerprint density at radius 3 is 2.87 bits per heavy atom. The molecular weight excluding hydrogens is 191 g/mol. The van der Waals surface area contributed by atoms with Crippen LogP contribution in [0.1, 0.15) is 5.56 Å². The highest BCUT2D eigenvalue weighted by atomic mass is 19.1. The van der Waals surface area contributed by atoms with Crippen LogP contribution in [0.25, 0.3) is 10.9 Å². The number of hydrogen-bond acceptors (Lipinski definition) is 0. The van der Waals surface area contributed by atoms with E-state index in [2.05, 4.69) is 19.1 Å². The van der Waals surface area contributed by atoms with Crippen LogP contribution in [0.15, 0.2) is 24.4 Å². The molecule has 0 aliphatic rings. The Morgan fingerprint density at radius 2 is 2.13 bits per heavy atom. The molecule has 0 fully saturated rings. The van der Waals surface area contributed by atoms with Crippen molar-refractivity contribution in [3.05, 3.63) is 35.8 Å². The maximum Gasteiger partial charge on any atom is 0.123 e. The van der Waals surface area contributed by atoms with Gasteiger partial charge in [0.2, 0.25) is 0 Å². The van der Waals surface area contributed by atoms with Crippen molar-refractivity contribution in [2.24, 2.45) is 0 Å². The van der Waals surface area contributed by atoms with E-state index in [9.17, 15) is 4.39 Å². The minimum absolute atomic E-state index is 0.166. The summed E-state index contributed by atoms with van der Waals surface area (Å²) in [6.45, 7) is 1.06. The lowest BCUT2D eigenvalue weighted by Gasteiger charge is -2.05. The molecule has 0 bridgehead atoms. The molecule has 80 valence electrons. The standard InChI is InChI=1S/C12H15FN2/c1-15(2)6-5-9-8-14-12-4-3-10(13)7-11(9)12/h3-4,7-8,14H,5-6H2,1-2H3/p+1. The van der Waals surface area contributed by atoms with Crippen LogP contribution in [-0.2, 0) is 6.42 Å². The molecule has 1 aromatic heterocycles. The van der Waals surface area contributed by atoms with Gasteiger partial charge in [0.25, 0.3) is 0 Å². The number of H-pyrrole nitrogens is 1. The summed E-state index contributed by atoms with van der Waals surface area (Å²) in [4.78, 5) is 4.57. The number of rotatable bonds is 3. The third-order valence-electron chi connectivity index (χ3n) is 2.62. The van der Waals surface area contributed by atoms with Crippen molar-refractivity contribution < 1.29 is 9.29 Å². The van der Waals surface area contributed by atoms with Crippen LogP contribution in [0.5, 0.6) is 0 Å². The van der Waals surface area contributed by atoms with Gasteiger partial charge in [-0.1, -0.05) is 0 Å². The molecule has 0 radical (unpaired) electrons. The molecule has 0 saturated heterocycles. The Balaban J connectivity index is 2.31. The van der Waals surface area contributed by atoms with Gasteiger partial charge in [0.15, 0.2) is 0 Å². The third kappa shape index (κ3) is 2.18. The normalized spacial score (nSPS) is 11.5. The fraction of sp³-hybridized carbons (Fsp3) is 0.333. The van der Waals surface area contributed by atoms with Gasteiger partial charge in [-0.15, -0.1) is 0 Å². The van der Waals surface area contributed by atoms with E-state index in [0.717, 1.165) is 23.9 Å². The number of halogens is 1. The number of quaternary nitrogens is 1. The van der Waals surface area contributed by atoms with Crippen molar-refractivity contribution in [2.75, 3.05) is 20.6 Å². The Bertz CT molecular complexity index is 460. The Kier molecular flexibility index (Phi) is 2.73. The molecule has 15 heavy (non-hydrogen) atoms. The molecule has 0 spiro atoms. The molecular formula is C12H16FN2+. The fourth-order valence-electron chi connectivity index (χ4n) is 1.74. The number of likely N-dealkylation sites (N-methyl/N-ethyl adjacent to an activating group) is 1. The second kappa shape index (κ2) is 4.03. The second-order valence-corrected chi connectivity index (χ2v) is 4.21. The maximum atomic E-state index is 13.1. The third-order valence-corrected chi connectivity index (χ3v) is 2.62. The lowest BCUT2D eigenvalue weighted by molar-refractivity contribution is -0.858. The van der Waals surface area contributed by atoms with Crippen molar-refractivity contribution in [1.29, 1.82) is 0 Å². The highest BCUT2D eigenvalue weighted by Gasteiger charge is 2.05. The predicted octanol–water partition coefficient (Wildman–Crippen LogP) is 0.994. The molecule has 2 N–H and O–H groups in total. The molecule has 0 aliphatic heterocycles. The van der Waals surface area contributed by atoms with Gasteiger partial charge in [-0.2, -0.15) is 0 Å². The van der Waals surface area contributed by atoms with E-state index < -0.39 is 0 Å². The Labute approximate surface area is 88.7 Å². The van der Waals surface area contributed by atoms with E-state index in [-0.39, 0.29) is 5.82 Å². The van der Waals surface area contributed by atoms with Gasteiger partial charge in [-0.05, 0) is 23.8 Å². The van der Waals surface area contributed by atoms with E-state index in [1.165, 1.54) is 16.5 Å². The summed E-state index contributed by atoms with van der Waals surface area (Å²) in [5, 5.41) is 1.01. The number of aromatic amines is 1. The molecule has 1 aromatic carbocycles. The largest absolute Gasteiger partial charge is 0.361 e. The lowest BCUT2D eigenvalue weighted by atomic mass is 10.1. The molecule has 2 rings (SSSR count). The highest BCUT2D eigenvalue weighted by Crippen LogP contribution is 2.19. The topological polar surface area (TPSA) is 20.2 Å². The number of aromatic nitrogens is 1. The minimum atomic E-state index is -0.166. The average molecular weight is 207 g/mol. The van der Waals surface area contributed by atoms with Crippen molar-refractivity contribution in [3.8, 4) is 0 Å². The monoisotopic (exact) mass is 207 g/mol. The quantitative estimate of drug-likeness (QED) is 0.749. The highest BCUT2D eigenvalue weighted by molar-refractivity contribution is 5.83. The predicted molar refractivity (Wildman–Crippen MR) is 59.6 cm³/mol. The van der Waals surface area contributed by atoms with Gasteiger partial charge in [-0.3, -0.25) is 0 Å². The van der Waals surface area contributed by atoms with Gasteiger partial charge >= 0.3 is 0 Å². The number of nitrogens with one attached hydrogen (secondary N) is 2. The van der Waals surface area contributed by atoms with Crippen LogP contribution in [0.2, 0.25) is 0 Å². The zero-order chi connectivity index (χ0) is 10.8. The van der Waals surface area contributed by atoms with Gasteiger partial charge in [0.1, 0.15) is 5.82 Å². The van der Waals surface area contributed by atoms with Gasteiger partial charge in [0.05, 0.1) is 20.6 Å². The van der Waals surface area contributed by atoms with E-state index >= 15 is 0 Å². The first kappa shape index (κ1) is 10.2. The van der Waals surface area contributed by atoms with Gasteiger partial charge in [0, 0.05) is 23.5 Å². The zero-order valence-electron chi connectivity index (χ0n) is 9.10. The molecule has 2 nitrogen and oxygen atoms in total. The van der Waals surface area contributed by atoms with E-state index in [0.29, 0.717) is 0 Å². The first-order chi connectivity index (χ1) is 7.16. The maximum absolute atomic E-state index is 13.1. The molecule has 3 heteroatoms. The van der Waals surface area contributed by atoms with Gasteiger partial charge < -0.3 is 9.88 Å². The Morgan fingerprint density at radius 1 is 1.33 bits per heavy atom. The summed E-state index contributed by atoms with van der Waals surface area (Å²) in [7, 11) is 4.24. The number of benzene rings is 1. The summed E-state index contributed by atoms with van der Waals surface area (Å²) in [6, 6.07) is 4.88. The lowest BCUT2D eigenvalue weighted by Crippen LogP contribution is -3.05. The number of hydrogen-bond donors (Lipinski definition) is 2. The van der Waals surface area contributed by atoms with E-state index in [4.69, 9.17) is 0 Å². The van der Waals surface area contributed by atoms with Crippen molar-refractivity contribution in [3.63, 3.8) is 0 Å². The smallest absolute Gasteiger partial charge is 0.123 e. The summed E-state index contributed by atoms with van der Waals surface area (Å²) in [6.07, 6.45) is 2.96. The zero-order valence-corrected chi connectivity index (χ0v) is 9.10. The van der Waals surface area contributed by atoms with Crippen LogP contribution < -0.4 is 4.90 Å². The summed E-state index contributed by atoms with van der Waals surface area (Å²) < 4.78 is 13.1. The number of fused-ring (bicyclic) bond motifs is 1. The van der Waals surface area contributed by atoms with Crippen LogP contribution in [0.4, 0.5) is 4.39 Å². The van der Waals surface area contributed by atoms with E-state index in [1.807, 2.05) is 6.20 Å². The van der Waals surface area contributed by atoms with Gasteiger partial charge in [-0.25, -0.2) is 4.39 Å². The van der Waals surface area contributed by atoms with Crippen molar-refractivity contribution in [2.45, 2.75) is 6.42 Å². The molecule has 0 saturated carbocycles. The minimum Gasteiger partial charge on any atom is -0.361 e. The summed E-state index contributed by atoms with van der Waals surface area (Å²) in [5.41, 5.74) is 2.21. The van der Waals surface area contributed by atoms with Crippen LogP contribution in [0.3, 0.4) is 0 Å². The molecule has 0 atom stereocenters. The first-order valence-electron chi connectivity index (χ1n) is 5.21. The SMILES string of the molecule is C[NH+](C)CCc1c[nH]c2ccc(F)cc12. The summed E-state index contributed by atoms with van der Waals surface area (Å²) >= 11 is 0. The molecule has 0 amide bonds. The van der Waals surface area contributed by atoms with Crippen LogP contribution >= 0.6 is 0 Å². The van der Waals surface area contributed by atoms with Crippen LogP contribution in [0, 0.1) is 5.82 Å². The molecule has 2 aromatic rings. The second-order valence-electron chi connectivity index (χ2n) is 4.21. The first-order valence-corrected chi connectivity index (χ1v) is 5.21. The van der Waals surface area contributed by atoms with Crippen molar-refractivity contribution in [1.82, 2.24) is 4.98 Å². The molecule has 0 aliphatic carbocycles. The van der Waals surface area contributed by atoms with Crippen molar-refractivity contribution >= 4 is 10.9 Å². The van der Waals surface area contributed by atoms with E-state index in [1.54, 1.807) is 12.1 Å². The molecule has 1 heterocycles. The summed E-state index contributed by atoms with van der Waals surface area (Å²) in [5.74, 6) is -0.166. The average Bonchev–Trinajstić information content (AvgIpc) is 2.57. The fourth-order valence-corrected chi connectivity index (χ4v) is 1.74. The molecule has 0 unspecified atom stereocenters.